The van der Waals surface area contributed by atoms with Crippen molar-refractivity contribution >= 4 is 23.5 Å². The van der Waals surface area contributed by atoms with E-state index in [2.05, 4.69) is 13.1 Å². The molecule has 0 saturated carbocycles. The fourth-order valence-electron chi connectivity index (χ4n) is 1.26. The summed E-state index contributed by atoms with van der Waals surface area (Å²) in [5.74, 6) is 0. The summed E-state index contributed by atoms with van der Waals surface area (Å²) in [6, 6.07) is 0. The van der Waals surface area contributed by atoms with Crippen LogP contribution in [-0.4, -0.2) is 38.9 Å². The van der Waals surface area contributed by atoms with Crippen molar-refractivity contribution in [2.45, 2.75) is 18.9 Å². The first-order valence-corrected chi connectivity index (χ1v) is 9.41. The third kappa shape index (κ3) is 7.65. The van der Waals surface area contributed by atoms with Gasteiger partial charge in [0.05, 0.1) is 12.7 Å². The van der Waals surface area contributed by atoms with Gasteiger partial charge in [0.25, 0.3) is 0 Å². The van der Waals surface area contributed by atoms with Crippen LogP contribution in [0.1, 0.15) is 12.8 Å². The zero-order valence-corrected chi connectivity index (χ0v) is 12.1. The summed E-state index contributed by atoms with van der Waals surface area (Å²) in [6.07, 6.45) is 0.866. The third-order valence-corrected chi connectivity index (χ3v) is 5.67. The van der Waals surface area contributed by atoms with Crippen molar-refractivity contribution in [1.82, 2.24) is 0 Å². The van der Waals surface area contributed by atoms with Gasteiger partial charge < -0.3 is 24.3 Å². The molecule has 3 atom stereocenters. The maximum absolute atomic E-state index is 11.3. The van der Waals surface area contributed by atoms with E-state index in [4.69, 9.17) is 24.3 Å². The standard InChI is InChI=1S/C5H13O11P3/c6-17(7,8)15-19(11,12)16-18(9,10)14-4-5-2-1-3-13-5/h5H,1-4H2,(H,9,10)(H,11,12)(H2,6,7,8)/t5-/m0/s1. The zero-order valence-electron chi connectivity index (χ0n) is 9.39. The van der Waals surface area contributed by atoms with Gasteiger partial charge in [0.2, 0.25) is 0 Å². The summed E-state index contributed by atoms with van der Waals surface area (Å²) in [7, 11) is -15.8. The second-order valence-electron chi connectivity index (χ2n) is 3.52. The predicted octanol–water partition coefficient (Wildman–Crippen LogP) is 0.509. The number of hydrogen-bond acceptors (Lipinski definition) is 7. The average molecular weight is 342 g/mol. The fraction of sp³-hybridized carbons (Fsp3) is 1.00. The van der Waals surface area contributed by atoms with Crippen LogP contribution in [0, 0.1) is 0 Å². The first-order chi connectivity index (χ1) is 8.49. The molecule has 1 rings (SSSR count). The van der Waals surface area contributed by atoms with Gasteiger partial charge in [0.1, 0.15) is 0 Å². The minimum Gasteiger partial charge on any atom is -0.376 e. The van der Waals surface area contributed by atoms with Gasteiger partial charge in [-0.1, -0.05) is 0 Å². The molecular weight excluding hydrogens is 329 g/mol. The second-order valence-corrected chi connectivity index (χ2v) is 7.94. The largest absolute Gasteiger partial charge is 0.490 e. The monoisotopic (exact) mass is 342 g/mol. The summed E-state index contributed by atoms with van der Waals surface area (Å²) in [5, 5.41) is 0. The number of phosphoric acid groups is 3. The number of rotatable bonds is 7. The number of hydrogen-bond donors (Lipinski definition) is 4. The first kappa shape index (κ1) is 17.4. The molecule has 0 spiro atoms. The highest BCUT2D eigenvalue weighted by molar-refractivity contribution is 7.66. The Labute approximate surface area is 107 Å². The summed E-state index contributed by atoms with van der Waals surface area (Å²) in [4.78, 5) is 34.5. The number of ether oxygens (including phenoxy) is 1. The van der Waals surface area contributed by atoms with Crippen LogP contribution < -0.4 is 0 Å². The Balaban J connectivity index is 2.50. The van der Waals surface area contributed by atoms with E-state index in [1.807, 2.05) is 0 Å². The minimum atomic E-state index is -5.44. The van der Waals surface area contributed by atoms with Crippen LogP contribution in [0.4, 0.5) is 0 Å². The van der Waals surface area contributed by atoms with Crippen molar-refractivity contribution in [2.24, 2.45) is 0 Å². The van der Waals surface area contributed by atoms with Gasteiger partial charge in [-0.15, -0.1) is 0 Å². The van der Waals surface area contributed by atoms with E-state index in [1.54, 1.807) is 0 Å². The van der Waals surface area contributed by atoms with Crippen LogP contribution in [0.5, 0.6) is 0 Å². The molecule has 2 unspecified atom stereocenters. The van der Waals surface area contributed by atoms with Crippen LogP contribution in [0.2, 0.25) is 0 Å². The molecule has 1 aliphatic rings. The molecule has 4 N–H and O–H groups in total. The maximum Gasteiger partial charge on any atom is 0.490 e. The van der Waals surface area contributed by atoms with E-state index >= 15 is 0 Å². The molecule has 1 saturated heterocycles. The third-order valence-electron chi connectivity index (χ3n) is 1.86. The highest BCUT2D eigenvalue weighted by Crippen LogP contribution is 2.66. The van der Waals surface area contributed by atoms with E-state index < -0.39 is 29.6 Å². The van der Waals surface area contributed by atoms with Crippen molar-refractivity contribution in [3.05, 3.63) is 0 Å². The van der Waals surface area contributed by atoms with Crippen molar-refractivity contribution in [2.75, 3.05) is 13.2 Å². The smallest absolute Gasteiger partial charge is 0.376 e. The van der Waals surface area contributed by atoms with E-state index in [1.165, 1.54) is 0 Å². The molecule has 0 radical (unpaired) electrons. The summed E-state index contributed by atoms with van der Waals surface area (Å²) >= 11 is 0. The van der Waals surface area contributed by atoms with Gasteiger partial charge in [-0.3, -0.25) is 4.52 Å². The summed E-state index contributed by atoms with van der Waals surface area (Å²) in [5.41, 5.74) is 0. The quantitative estimate of drug-likeness (QED) is 0.475. The lowest BCUT2D eigenvalue weighted by Gasteiger charge is -2.17. The van der Waals surface area contributed by atoms with Crippen LogP contribution in [0.25, 0.3) is 0 Å². The molecule has 11 nitrogen and oxygen atoms in total. The van der Waals surface area contributed by atoms with Gasteiger partial charge >= 0.3 is 23.5 Å². The predicted molar refractivity (Wildman–Crippen MR) is 58.8 cm³/mol. The molecule has 0 aromatic carbocycles. The highest BCUT2D eigenvalue weighted by atomic mass is 31.3. The summed E-state index contributed by atoms with van der Waals surface area (Å²) in [6.45, 7) is 0.0914. The van der Waals surface area contributed by atoms with Crippen LogP contribution in [0.3, 0.4) is 0 Å². The Hall–Kier alpha value is 0.370. The topological polar surface area (TPSA) is 169 Å². The lowest BCUT2D eigenvalue weighted by atomic mass is 10.2. The highest BCUT2D eigenvalue weighted by Gasteiger charge is 2.41. The molecule has 14 heteroatoms. The van der Waals surface area contributed by atoms with Gasteiger partial charge in [-0.05, 0) is 12.8 Å². The number of phosphoric ester groups is 1. The Morgan fingerprint density at radius 2 is 1.68 bits per heavy atom. The van der Waals surface area contributed by atoms with E-state index in [9.17, 15) is 13.7 Å². The molecule has 1 fully saturated rings. The van der Waals surface area contributed by atoms with Gasteiger partial charge in [0, 0.05) is 6.61 Å². The van der Waals surface area contributed by atoms with E-state index in [-0.39, 0.29) is 6.61 Å². The molecule has 1 heterocycles. The molecule has 0 aromatic heterocycles. The Morgan fingerprint density at radius 1 is 1.05 bits per heavy atom. The molecule has 0 aliphatic carbocycles. The van der Waals surface area contributed by atoms with Crippen molar-refractivity contribution in [3.8, 4) is 0 Å². The fourth-order valence-corrected chi connectivity index (χ4v) is 4.31. The van der Waals surface area contributed by atoms with E-state index in [0.29, 0.717) is 13.0 Å². The van der Waals surface area contributed by atoms with Gasteiger partial charge in [-0.25, -0.2) is 13.7 Å². The molecule has 0 bridgehead atoms. The first-order valence-electron chi connectivity index (χ1n) is 4.89. The maximum atomic E-state index is 11.3. The molecule has 0 amide bonds. The Bertz CT molecular complexity index is 436. The second kappa shape index (κ2) is 6.43. The normalized spacial score (nSPS) is 26.8. The SMILES string of the molecule is O=P(O)(O)OP(=O)(O)OP(=O)(O)OC[C@@H]1CCCO1. The average Bonchev–Trinajstić information content (AvgIpc) is 2.60. The van der Waals surface area contributed by atoms with Crippen molar-refractivity contribution in [1.29, 1.82) is 0 Å². The van der Waals surface area contributed by atoms with Crippen molar-refractivity contribution in [3.63, 3.8) is 0 Å². The lowest BCUT2D eigenvalue weighted by molar-refractivity contribution is 0.0542. The molecular formula is C5H13O11P3. The van der Waals surface area contributed by atoms with Crippen molar-refractivity contribution < 1.29 is 51.2 Å². The molecule has 114 valence electrons. The lowest BCUT2D eigenvalue weighted by Crippen LogP contribution is -2.13. The zero-order chi connectivity index (χ0) is 14.7. The van der Waals surface area contributed by atoms with Crippen LogP contribution in [0.15, 0.2) is 0 Å². The summed E-state index contributed by atoms with van der Waals surface area (Å²) < 4.78 is 49.1. The van der Waals surface area contributed by atoms with Gasteiger partial charge in [-0.2, -0.15) is 8.62 Å². The minimum absolute atomic E-state index is 0.371. The molecule has 19 heavy (non-hydrogen) atoms. The van der Waals surface area contributed by atoms with Crippen LogP contribution in [-0.2, 0) is 31.6 Å². The van der Waals surface area contributed by atoms with Crippen LogP contribution >= 0.6 is 23.5 Å². The molecule has 1 aliphatic heterocycles. The van der Waals surface area contributed by atoms with Gasteiger partial charge in [0.15, 0.2) is 0 Å². The van der Waals surface area contributed by atoms with E-state index in [0.717, 1.165) is 6.42 Å². The molecule has 0 aromatic rings. The Kier molecular flexibility index (Phi) is 5.89. The Morgan fingerprint density at radius 3 is 2.16 bits per heavy atom.